The second-order valence-corrected chi connectivity index (χ2v) is 6.97. The van der Waals surface area contributed by atoms with Crippen LogP contribution in [0.5, 0.6) is 0 Å². The number of hydrogen-bond acceptors (Lipinski definition) is 7. The van der Waals surface area contributed by atoms with Gasteiger partial charge in [-0.25, -0.2) is 13.4 Å². The minimum Gasteiger partial charge on any atom is -0.375 e. The van der Waals surface area contributed by atoms with Gasteiger partial charge in [0.05, 0.1) is 12.4 Å². The van der Waals surface area contributed by atoms with Crippen molar-refractivity contribution in [2.75, 3.05) is 13.7 Å². The Labute approximate surface area is 127 Å². The van der Waals surface area contributed by atoms with E-state index >= 15 is 0 Å². The van der Waals surface area contributed by atoms with Gasteiger partial charge in [-0.1, -0.05) is 5.16 Å². The van der Waals surface area contributed by atoms with E-state index in [2.05, 4.69) is 15.1 Å². The molecular formula is C12H17N5O4S. The number of aryl methyl sites for hydroxylation is 1. The number of sulfonamides is 1. The van der Waals surface area contributed by atoms with Crippen LogP contribution in [-0.2, 0) is 28.4 Å². The SMILES string of the molecule is COCc1nc(C2CCCN2S(=O)(=O)c2cn(C)cn2)no1. The van der Waals surface area contributed by atoms with E-state index in [4.69, 9.17) is 9.26 Å². The molecule has 1 fully saturated rings. The number of methoxy groups -OCH3 is 1. The van der Waals surface area contributed by atoms with Gasteiger partial charge in [-0.2, -0.15) is 9.29 Å². The van der Waals surface area contributed by atoms with Crippen LogP contribution in [-0.4, -0.2) is 46.1 Å². The first-order valence-corrected chi connectivity index (χ1v) is 8.27. The third kappa shape index (κ3) is 2.64. The molecule has 0 N–H and O–H groups in total. The molecule has 0 bridgehead atoms. The normalized spacial score (nSPS) is 19.8. The lowest BCUT2D eigenvalue weighted by Gasteiger charge is -2.20. The molecule has 1 atom stereocenters. The Bertz CT molecular complexity index is 753. The van der Waals surface area contributed by atoms with Gasteiger partial charge >= 0.3 is 0 Å². The number of hydrogen-bond donors (Lipinski definition) is 0. The van der Waals surface area contributed by atoms with Gasteiger partial charge in [0.15, 0.2) is 10.9 Å². The summed E-state index contributed by atoms with van der Waals surface area (Å²) in [6, 6.07) is -0.429. The molecule has 3 heterocycles. The molecule has 0 radical (unpaired) electrons. The van der Waals surface area contributed by atoms with Crippen molar-refractivity contribution < 1.29 is 17.7 Å². The Morgan fingerprint density at radius 3 is 3.00 bits per heavy atom. The summed E-state index contributed by atoms with van der Waals surface area (Å²) in [7, 11) is -0.419. The summed E-state index contributed by atoms with van der Waals surface area (Å²) in [6.07, 6.45) is 4.34. The zero-order valence-electron chi connectivity index (χ0n) is 12.3. The second kappa shape index (κ2) is 5.78. The van der Waals surface area contributed by atoms with Crippen molar-refractivity contribution >= 4 is 10.0 Å². The molecule has 2 aromatic heterocycles. The second-order valence-electron chi connectivity index (χ2n) is 5.13. The third-order valence-corrected chi connectivity index (χ3v) is 5.30. The van der Waals surface area contributed by atoms with Crippen molar-refractivity contribution in [2.24, 2.45) is 7.05 Å². The Morgan fingerprint density at radius 1 is 1.50 bits per heavy atom. The van der Waals surface area contributed by atoms with Gasteiger partial charge in [-0.3, -0.25) is 0 Å². The molecule has 0 aromatic carbocycles. The fourth-order valence-corrected chi connectivity index (χ4v) is 4.14. The summed E-state index contributed by atoms with van der Waals surface area (Å²) in [5.41, 5.74) is 0. The quantitative estimate of drug-likeness (QED) is 0.786. The van der Waals surface area contributed by atoms with Crippen molar-refractivity contribution in [1.29, 1.82) is 0 Å². The molecule has 1 aliphatic heterocycles. The van der Waals surface area contributed by atoms with E-state index in [1.54, 1.807) is 11.6 Å². The van der Waals surface area contributed by atoms with Gasteiger partial charge in [0.2, 0.25) is 0 Å². The van der Waals surface area contributed by atoms with Crippen LogP contribution >= 0.6 is 0 Å². The Kier molecular flexibility index (Phi) is 3.98. The molecule has 0 amide bonds. The van der Waals surface area contributed by atoms with Crippen LogP contribution in [0.25, 0.3) is 0 Å². The fraction of sp³-hybridized carbons (Fsp3) is 0.583. The molecule has 120 valence electrons. The summed E-state index contributed by atoms with van der Waals surface area (Å²) in [5.74, 6) is 0.698. The lowest BCUT2D eigenvalue weighted by atomic mass is 10.2. The zero-order chi connectivity index (χ0) is 15.7. The maximum Gasteiger partial charge on any atom is 0.262 e. The summed E-state index contributed by atoms with van der Waals surface area (Å²) in [4.78, 5) is 8.15. The Morgan fingerprint density at radius 2 is 2.32 bits per heavy atom. The van der Waals surface area contributed by atoms with Crippen LogP contribution in [0.1, 0.15) is 30.6 Å². The van der Waals surface area contributed by atoms with Crippen molar-refractivity contribution in [1.82, 2.24) is 24.0 Å². The number of imidazole rings is 1. The smallest absolute Gasteiger partial charge is 0.262 e. The number of nitrogens with zero attached hydrogens (tertiary/aromatic N) is 5. The minimum absolute atomic E-state index is 0.0301. The highest BCUT2D eigenvalue weighted by molar-refractivity contribution is 7.89. The molecular weight excluding hydrogens is 310 g/mol. The number of aromatic nitrogens is 4. The van der Waals surface area contributed by atoms with E-state index in [-0.39, 0.29) is 11.6 Å². The predicted molar refractivity (Wildman–Crippen MR) is 74.1 cm³/mol. The van der Waals surface area contributed by atoms with E-state index in [0.717, 1.165) is 6.42 Å². The average molecular weight is 327 g/mol. The van der Waals surface area contributed by atoms with Crippen LogP contribution in [0.3, 0.4) is 0 Å². The summed E-state index contributed by atoms with van der Waals surface area (Å²) < 4.78 is 38.4. The summed E-state index contributed by atoms with van der Waals surface area (Å²) in [6.45, 7) is 0.616. The monoisotopic (exact) mass is 327 g/mol. The lowest BCUT2D eigenvalue weighted by molar-refractivity contribution is 0.151. The van der Waals surface area contributed by atoms with Crippen LogP contribution in [0.4, 0.5) is 0 Å². The molecule has 1 saturated heterocycles. The molecule has 9 nitrogen and oxygen atoms in total. The number of rotatable bonds is 5. The third-order valence-electron chi connectivity index (χ3n) is 3.51. The highest BCUT2D eigenvalue weighted by Gasteiger charge is 2.39. The molecule has 0 saturated carbocycles. The molecule has 1 unspecified atom stereocenters. The average Bonchev–Trinajstić information content (AvgIpc) is 3.17. The Balaban J connectivity index is 1.89. The predicted octanol–water partition coefficient (Wildman–Crippen LogP) is 0.475. The maximum absolute atomic E-state index is 12.7. The van der Waals surface area contributed by atoms with E-state index in [1.165, 1.54) is 23.9 Å². The molecule has 1 aliphatic rings. The molecule has 3 rings (SSSR count). The zero-order valence-corrected chi connectivity index (χ0v) is 13.2. The van der Waals surface area contributed by atoms with Gasteiger partial charge in [-0.05, 0) is 12.8 Å². The lowest BCUT2D eigenvalue weighted by Crippen LogP contribution is -2.31. The largest absolute Gasteiger partial charge is 0.375 e. The minimum atomic E-state index is -3.67. The van der Waals surface area contributed by atoms with Crippen molar-refractivity contribution in [3.63, 3.8) is 0 Å². The van der Waals surface area contributed by atoms with Gasteiger partial charge in [0.25, 0.3) is 15.9 Å². The van der Waals surface area contributed by atoms with Gasteiger partial charge < -0.3 is 13.8 Å². The summed E-state index contributed by atoms with van der Waals surface area (Å²) >= 11 is 0. The van der Waals surface area contributed by atoms with Crippen molar-refractivity contribution in [3.8, 4) is 0 Å². The molecule has 2 aromatic rings. The fourth-order valence-electron chi connectivity index (χ4n) is 2.51. The van der Waals surface area contributed by atoms with Crippen LogP contribution in [0.2, 0.25) is 0 Å². The molecule has 0 spiro atoms. The van der Waals surface area contributed by atoms with Crippen LogP contribution in [0.15, 0.2) is 22.1 Å². The van der Waals surface area contributed by atoms with Crippen LogP contribution in [0, 0.1) is 0 Å². The molecule has 10 heteroatoms. The first kappa shape index (κ1) is 15.1. The maximum atomic E-state index is 12.7. The molecule has 0 aliphatic carbocycles. The highest BCUT2D eigenvalue weighted by Crippen LogP contribution is 2.34. The van der Waals surface area contributed by atoms with Gasteiger partial charge in [-0.15, -0.1) is 0 Å². The van der Waals surface area contributed by atoms with E-state index in [0.29, 0.717) is 24.7 Å². The highest BCUT2D eigenvalue weighted by atomic mass is 32.2. The van der Waals surface area contributed by atoms with Crippen molar-refractivity contribution in [2.45, 2.75) is 30.5 Å². The van der Waals surface area contributed by atoms with Crippen LogP contribution < -0.4 is 0 Å². The standard InChI is InChI=1S/C12H17N5O4S/c1-16-6-11(13-8-16)22(18,19)17-5-3-4-9(17)12-14-10(7-20-2)21-15-12/h6,8-9H,3-5,7H2,1-2H3. The first-order chi connectivity index (χ1) is 10.5. The molecule has 22 heavy (non-hydrogen) atoms. The van der Waals surface area contributed by atoms with E-state index in [1.807, 2.05) is 0 Å². The van der Waals surface area contributed by atoms with Gasteiger partial charge in [0.1, 0.15) is 6.61 Å². The van der Waals surface area contributed by atoms with Crippen molar-refractivity contribution in [3.05, 3.63) is 24.2 Å². The van der Waals surface area contributed by atoms with Gasteiger partial charge in [0, 0.05) is 26.9 Å². The van der Waals surface area contributed by atoms with E-state index < -0.39 is 16.1 Å². The topological polar surface area (TPSA) is 103 Å². The first-order valence-electron chi connectivity index (χ1n) is 6.83. The Hall–Kier alpha value is -1.78. The summed E-state index contributed by atoms with van der Waals surface area (Å²) in [5, 5.41) is 3.91. The van der Waals surface area contributed by atoms with E-state index in [9.17, 15) is 8.42 Å². The number of ether oxygens (including phenoxy) is 1.